The molecular formula is C52H26N8. The predicted octanol–water partition coefficient (Wildman–Crippen LogP) is 11.6. The molecule has 3 heterocycles. The van der Waals surface area contributed by atoms with Gasteiger partial charge in [-0.1, -0.05) is 54.6 Å². The van der Waals surface area contributed by atoms with Crippen LogP contribution in [0, 0.1) is 56.7 Å². The second kappa shape index (κ2) is 14.0. The molecule has 10 aromatic rings. The molecular weight excluding hydrogens is 737 g/mol. The predicted molar refractivity (Wildman–Crippen MR) is 233 cm³/mol. The van der Waals surface area contributed by atoms with E-state index in [0.29, 0.717) is 39.2 Å². The summed E-state index contributed by atoms with van der Waals surface area (Å²) in [6.07, 6.45) is 3.56. The van der Waals surface area contributed by atoms with Crippen molar-refractivity contribution in [2.24, 2.45) is 0 Å². The molecule has 0 radical (unpaired) electrons. The monoisotopic (exact) mass is 762 g/mol. The second-order valence-electron chi connectivity index (χ2n) is 14.5. The third-order valence-electron chi connectivity index (χ3n) is 11.1. The minimum absolute atomic E-state index is 0.410. The Kier molecular flexibility index (Phi) is 8.23. The third-order valence-corrected chi connectivity index (χ3v) is 11.1. The Balaban J connectivity index is 1.27. The molecule has 0 amide bonds. The van der Waals surface area contributed by atoms with Crippen LogP contribution in [0.2, 0.25) is 0 Å². The van der Waals surface area contributed by atoms with Gasteiger partial charge in [0.2, 0.25) is 0 Å². The number of nitriles is 5. The molecule has 10 rings (SSSR count). The van der Waals surface area contributed by atoms with Crippen LogP contribution in [0.25, 0.3) is 88.4 Å². The lowest BCUT2D eigenvalue weighted by molar-refractivity contribution is 1.12. The van der Waals surface area contributed by atoms with E-state index in [1.807, 2.05) is 66.9 Å². The van der Waals surface area contributed by atoms with E-state index in [2.05, 4.69) is 93.0 Å². The van der Waals surface area contributed by atoms with Crippen LogP contribution < -0.4 is 0 Å². The maximum absolute atomic E-state index is 11.3. The van der Waals surface area contributed by atoms with E-state index in [0.717, 1.165) is 77.0 Å². The fourth-order valence-electron chi connectivity index (χ4n) is 8.45. The van der Waals surface area contributed by atoms with Crippen molar-refractivity contribution in [2.75, 3.05) is 0 Å². The van der Waals surface area contributed by atoms with E-state index in [4.69, 9.17) is 0 Å². The van der Waals surface area contributed by atoms with Crippen molar-refractivity contribution in [2.45, 2.75) is 0 Å². The fraction of sp³-hybridized carbons (Fsp3) is 0. The fourth-order valence-corrected chi connectivity index (χ4v) is 8.45. The van der Waals surface area contributed by atoms with Crippen LogP contribution in [0.3, 0.4) is 0 Å². The molecule has 0 bridgehead atoms. The molecule has 8 nitrogen and oxygen atoms in total. The van der Waals surface area contributed by atoms with Crippen LogP contribution in [0.15, 0.2) is 158 Å². The molecule has 0 atom stereocenters. The zero-order chi connectivity index (χ0) is 40.9. The summed E-state index contributed by atoms with van der Waals surface area (Å²) in [5, 5.41) is 54.0. The first-order valence-corrected chi connectivity index (χ1v) is 19.0. The molecule has 3 aromatic heterocycles. The molecule has 8 heteroatoms. The molecule has 60 heavy (non-hydrogen) atoms. The lowest BCUT2D eigenvalue weighted by Crippen LogP contribution is -2.05. The van der Waals surface area contributed by atoms with Gasteiger partial charge in [-0.25, -0.2) is 0 Å². The average Bonchev–Trinajstić information content (AvgIpc) is 3.83. The van der Waals surface area contributed by atoms with Crippen LogP contribution in [0.1, 0.15) is 27.8 Å². The molecule has 0 N–H and O–H groups in total. The van der Waals surface area contributed by atoms with Gasteiger partial charge >= 0.3 is 0 Å². The van der Waals surface area contributed by atoms with E-state index < -0.39 is 0 Å². The molecule has 274 valence electrons. The number of hydrogen-bond acceptors (Lipinski definition) is 6. The quantitative estimate of drug-likeness (QED) is 0.171. The van der Waals surface area contributed by atoms with Gasteiger partial charge in [-0.15, -0.1) is 0 Å². The lowest BCUT2D eigenvalue weighted by Gasteiger charge is -2.18. The number of nitrogens with zero attached hydrogens (tertiary/aromatic N) is 8. The van der Waals surface area contributed by atoms with Crippen molar-refractivity contribution in [3.63, 3.8) is 0 Å². The second-order valence-corrected chi connectivity index (χ2v) is 14.5. The summed E-state index contributed by atoms with van der Waals surface area (Å²) < 4.78 is 4.29. The summed E-state index contributed by atoms with van der Waals surface area (Å²) in [7, 11) is 0. The van der Waals surface area contributed by atoms with E-state index >= 15 is 0 Å². The van der Waals surface area contributed by atoms with E-state index in [1.54, 1.807) is 42.6 Å². The van der Waals surface area contributed by atoms with Gasteiger partial charge < -0.3 is 9.13 Å². The zero-order valence-electron chi connectivity index (χ0n) is 31.6. The highest BCUT2D eigenvalue weighted by Gasteiger charge is 2.23. The standard InChI is InChI=1S/C52H26N8/c53-26-32-16-33(27-54)19-39(18-32)36-11-13-49-44(22-36)42-7-1-3-9-47(42)59(49)51-24-41(38-6-5-15-58-31-38)25-52(46(51)30-57)60-48-10-4-2-8-43(48)45-23-37(12-14-50(45)60)40-20-34(28-55)17-35(21-40)29-56/h1-25,31H. The number of fused-ring (bicyclic) bond motifs is 6. The summed E-state index contributed by atoms with van der Waals surface area (Å²) in [6.45, 7) is 0. The number of aromatic nitrogens is 3. The Bertz CT molecular complexity index is 3390. The maximum Gasteiger partial charge on any atom is 0.104 e. The Morgan fingerprint density at radius 1 is 0.350 bits per heavy atom. The highest BCUT2D eigenvalue weighted by atomic mass is 15.0. The highest BCUT2D eigenvalue weighted by Crippen LogP contribution is 2.42. The molecule has 0 spiro atoms. The van der Waals surface area contributed by atoms with Gasteiger partial charge in [0.25, 0.3) is 0 Å². The van der Waals surface area contributed by atoms with Crippen molar-refractivity contribution in [3.8, 4) is 75.1 Å². The van der Waals surface area contributed by atoms with Crippen molar-refractivity contribution in [1.82, 2.24) is 14.1 Å². The van der Waals surface area contributed by atoms with Gasteiger partial charge in [0, 0.05) is 39.5 Å². The maximum atomic E-state index is 11.3. The van der Waals surface area contributed by atoms with Crippen molar-refractivity contribution in [1.29, 1.82) is 26.3 Å². The summed E-state index contributed by atoms with van der Waals surface area (Å²) >= 11 is 0. The Hall–Kier alpha value is -9.26. The van der Waals surface area contributed by atoms with Crippen molar-refractivity contribution < 1.29 is 0 Å². The SMILES string of the molecule is N#Cc1cc(C#N)cc(-c2ccc3c(c2)c2ccccc2n3-c2cc(-c3cccnc3)cc(-n3c4ccccc4c4cc(-c5cc(C#N)cc(C#N)c5)ccc43)c2C#N)c1. The third kappa shape index (κ3) is 5.61. The van der Waals surface area contributed by atoms with Crippen LogP contribution in [-0.2, 0) is 0 Å². The lowest BCUT2D eigenvalue weighted by atomic mass is 9.98. The van der Waals surface area contributed by atoms with Crippen molar-refractivity contribution >= 4 is 43.6 Å². The summed E-state index contributed by atoms with van der Waals surface area (Å²) in [5.74, 6) is 0. The van der Waals surface area contributed by atoms with Gasteiger partial charge in [0.15, 0.2) is 0 Å². The summed E-state index contributed by atoms with van der Waals surface area (Å²) in [4.78, 5) is 4.46. The Labute approximate surface area is 343 Å². The Morgan fingerprint density at radius 2 is 0.783 bits per heavy atom. The van der Waals surface area contributed by atoms with Crippen LogP contribution >= 0.6 is 0 Å². The largest absolute Gasteiger partial charge is 0.308 e. The molecule has 0 aliphatic rings. The van der Waals surface area contributed by atoms with Crippen LogP contribution in [0.4, 0.5) is 0 Å². The van der Waals surface area contributed by atoms with Gasteiger partial charge in [-0.05, 0) is 119 Å². The topological polar surface area (TPSA) is 142 Å². The first-order chi connectivity index (χ1) is 29.5. The normalized spacial score (nSPS) is 10.9. The smallest absolute Gasteiger partial charge is 0.104 e. The van der Waals surface area contributed by atoms with Crippen molar-refractivity contribution in [3.05, 3.63) is 186 Å². The summed E-state index contributed by atoms with van der Waals surface area (Å²) in [5.41, 5.74) is 12.0. The molecule has 0 unspecified atom stereocenters. The minimum Gasteiger partial charge on any atom is -0.308 e. The Morgan fingerprint density at radius 3 is 1.20 bits per heavy atom. The zero-order valence-corrected chi connectivity index (χ0v) is 31.6. The van der Waals surface area contributed by atoms with Gasteiger partial charge in [0.1, 0.15) is 11.6 Å². The van der Waals surface area contributed by atoms with Gasteiger partial charge in [-0.3, -0.25) is 4.98 Å². The minimum atomic E-state index is 0.410. The molecule has 7 aromatic carbocycles. The molecule has 0 saturated carbocycles. The number of para-hydroxylation sites is 2. The highest BCUT2D eigenvalue weighted by molar-refractivity contribution is 6.12. The number of benzene rings is 7. The van der Waals surface area contributed by atoms with Crippen LogP contribution in [0.5, 0.6) is 0 Å². The van der Waals surface area contributed by atoms with Gasteiger partial charge in [-0.2, -0.15) is 26.3 Å². The number of pyridine rings is 1. The van der Waals surface area contributed by atoms with Crippen LogP contribution in [-0.4, -0.2) is 14.1 Å². The molecule has 0 aliphatic carbocycles. The number of rotatable bonds is 5. The molecule has 0 aliphatic heterocycles. The average molecular weight is 763 g/mol. The first-order valence-electron chi connectivity index (χ1n) is 19.0. The van der Waals surface area contributed by atoms with Gasteiger partial charge in [0.05, 0.1) is 80.0 Å². The van der Waals surface area contributed by atoms with E-state index in [-0.39, 0.29) is 0 Å². The molecule has 0 fully saturated rings. The molecule has 0 saturated heterocycles. The summed E-state index contributed by atoms with van der Waals surface area (Å²) in [6, 6.07) is 58.1. The van der Waals surface area contributed by atoms with E-state index in [1.165, 1.54) is 0 Å². The van der Waals surface area contributed by atoms with E-state index in [9.17, 15) is 26.3 Å². The first kappa shape index (κ1) is 35.2. The number of hydrogen-bond donors (Lipinski definition) is 0.